The minimum atomic E-state index is -0.758. The monoisotopic (exact) mass is 393 g/mol. The van der Waals surface area contributed by atoms with Crippen LogP contribution in [0.4, 0.5) is 5.69 Å². The summed E-state index contributed by atoms with van der Waals surface area (Å²) in [5.41, 5.74) is 2.51. The molecule has 0 fully saturated rings. The summed E-state index contributed by atoms with van der Waals surface area (Å²) in [4.78, 5) is 37.1. The number of benzene rings is 2. The fourth-order valence-corrected chi connectivity index (χ4v) is 3.23. The van der Waals surface area contributed by atoms with E-state index in [0.29, 0.717) is 10.8 Å². The Kier molecular flexibility index (Phi) is 6.07. The molecule has 1 N–H and O–H groups in total. The molecule has 1 heterocycles. The standard InChI is InChI=1S/C22H23N3O4/c1-4-14-9-8-10-15(5-2)19(14)23-18(26)13-29-22(28)20-16-11-6-7-12-17(16)21(27)25(3)24-20/h6-12H,4-5,13H2,1-3H3,(H,23,26). The summed E-state index contributed by atoms with van der Waals surface area (Å²) in [6.07, 6.45) is 1.55. The van der Waals surface area contributed by atoms with E-state index in [1.807, 2.05) is 32.0 Å². The zero-order valence-corrected chi connectivity index (χ0v) is 16.7. The molecule has 0 aliphatic rings. The van der Waals surface area contributed by atoms with E-state index in [1.165, 1.54) is 7.05 Å². The Balaban J connectivity index is 1.77. The summed E-state index contributed by atoms with van der Waals surface area (Å²) in [5, 5.41) is 7.63. The Morgan fingerprint density at radius 1 is 1.00 bits per heavy atom. The predicted molar refractivity (Wildman–Crippen MR) is 111 cm³/mol. The third-order valence-electron chi connectivity index (χ3n) is 4.75. The largest absolute Gasteiger partial charge is 0.451 e. The fraction of sp³-hybridized carbons (Fsp3) is 0.273. The molecule has 1 aromatic heterocycles. The second kappa shape index (κ2) is 8.68. The zero-order valence-electron chi connectivity index (χ0n) is 16.7. The van der Waals surface area contributed by atoms with Crippen LogP contribution in [0.3, 0.4) is 0 Å². The van der Waals surface area contributed by atoms with E-state index in [2.05, 4.69) is 10.4 Å². The van der Waals surface area contributed by atoms with Crippen molar-refractivity contribution >= 4 is 28.3 Å². The molecule has 29 heavy (non-hydrogen) atoms. The van der Waals surface area contributed by atoms with Crippen LogP contribution in [-0.2, 0) is 29.4 Å². The number of rotatable bonds is 6. The highest BCUT2D eigenvalue weighted by Crippen LogP contribution is 2.22. The SMILES string of the molecule is CCc1cccc(CC)c1NC(=O)COC(=O)c1nn(C)c(=O)c2ccccc12. The Morgan fingerprint density at radius 3 is 2.24 bits per heavy atom. The third kappa shape index (κ3) is 4.18. The van der Waals surface area contributed by atoms with Crippen molar-refractivity contribution in [2.75, 3.05) is 11.9 Å². The molecular weight excluding hydrogens is 370 g/mol. The van der Waals surface area contributed by atoms with Crippen LogP contribution in [0.25, 0.3) is 10.8 Å². The van der Waals surface area contributed by atoms with Crippen molar-refractivity contribution in [2.45, 2.75) is 26.7 Å². The maximum absolute atomic E-state index is 12.5. The van der Waals surface area contributed by atoms with Crippen molar-refractivity contribution in [3.63, 3.8) is 0 Å². The topological polar surface area (TPSA) is 90.3 Å². The van der Waals surface area contributed by atoms with E-state index in [4.69, 9.17) is 4.74 Å². The van der Waals surface area contributed by atoms with Crippen LogP contribution in [0.5, 0.6) is 0 Å². The number of nitrogens with zero attached hydrogens (tertiary/aromatic N) is 2. The van der Waals surface area contributed by atoms with Gasteiger partial charge in [0.25, 0.3) is 11.5 Å². The van der Waals surface area contributed by atoms with E-state index in [0.717, 1.165) is 34.3 Å². The first kappa shape index (κ1) is 20.3. The summed E-state index contributed by atoms with van der Waals surface area (Å²) >= 11 is 0. The van der Waals surface area contributed by atoms with E-state index in [1.54, 1.807) is 24.3 Å². The normalized spacial score (nSPS) is 10.7. The average Bonchev–Trinajstić information content (AvgIpc) is 2.74. The Bertz CT molecular complexity index is 1110. The number of hydrogen-bond acceptors (Lipinski definition) is 5. The Labute approximate surface area is 168 Å². The third-order valence-corrected chi connectivity index (χ3v) is 4.75. The van der Waals surface area contributed by atoms with E-state index in [9.17, 15) is 14.4 Å². The van der Waals surface area contributed by atoms with Crippen LogP contribution in [0.2, 0.25) is 0 Å². The number of nitrogens with one attached hydrogen (secondary N) is 1. The molecule has 7 nitrogen and oxygen atoms in total. The lowest BCUT2D eigenvalue weighted by Gasteiger charge is -2.14. The summed E-state index contributed by atoms with van der Waals surface area (Å²) in [6, 6.07) is 12.6. The van der Waals surface area contributed by atoms with Gasteiger partial charge in [0.05, 0.1) is 5.39 Å². The fourth-order valence-electron chi connectivity index (χ4n) is 3.23. The minimum absolute atomic E-state index is 0.00120. The lowest BCUT2D eigenvalue weighted by molar-refractivity contribution is -0.119. The summed E-state index contributed by atoms with van der Waals surface area (Å²) < 4.78 is 6.27. The number of aryl methyl sites for hydroxylation is 3. The molecule has 7 heteroatoms. The molecule has 0 aliphatic carbocycles. The smallest absolute Gasteiger partial charge is 0.359 e. The number of carbonyl (C=O) groups is 2. The van der Waals surface area contributed by atoms with Gasteiger partial charge in [-0.3, -0.25) is 9.59 Å². The van der Waals surface area contributed by atoms with Gasteiger partial charge >= 0.3 is 5.97 Å². The van der Waals surface area contributed by atoms with Gasteiger partial charge in [-0.05, 0) is 30.0 Å². The molecule has 150 valence electrons. The molecule has 0 bridgehead atoms. The van der Waals surface area contributed by atoms with Gasteiger partial charge in [0, 0.05) is 18.1 Å². The number of esters is 1. The van der Waals surface area contributed by atoms with Crippen LogP contribution < -0.4 is 10.9 Å². The molecule has 2 aromatic carbocycles. The summed E-state index contributed by atoms with van der Waals surface area (Å²) in [7, 11) is 1.46. The molecule has 0 saturated heterocycles. The van der Waals surface area contributed by atoms with Gasteiger partial charge in [-0.2, -0.15) is 5.10 Å². The van der Waals surface area contributed by atoms with Crippen LogP contribution in [0.1, 0.15) is 35.5 Å². The number of aromatic nitrogens is 2. The molecule has 0 spiro atoms. The molecule has 0 aliphatic heterocycles. The lowest BCUT2D eigenvalue weighted by Crippen LogP contribution is -2.26. The minimum Gasteiger partial charge on any atom is -0.451 e. The first-order valence-electron chi connectivity index (χ1n) is 9.50. The van der Waals surface area contributed by atoms with Crippen LogP contribution in [0.15, 0.2) is 47.3 Å². The molecular formula is C22H23N3O4. The molecule has 0 unspecified atom stereocenters. The van der Waals surface area contributed by atoms with Gasteiger partial charge in [0.1, 0.15) is 0 Å². The van der Waals surface area contributed by atoms with Crippen molar-refractivity contribution in [2.24, 2.45) is 7.05 Å². The maximum Gasteiger partial charge on any atom is 0.359 e. The van der Waals surface area contributed by atoms with Gasteiger partial charge in [-0.25, -0.2) is 9.48 Å². The second-order valence-electron chi connectivity index (χ2n) is 6.61. The van der Waals surface area contributed by atoms with Crippen molar-refractivity contribution in [1.29, 1.82) is 0 Å². The van der Waals surface area contributed by atoms with Gasteiger partial charge in [0.2, 0.25) is 0 Å². The molecule has 3 rings (SSSR count). The van der Waals surface area contributed by atoms with Crippen molar-refractivity contribution < 1.29 is 14.3 Å². The van der Waals surface area contributed by atoms with Crippen molar-refractivity contribution in [3.8, 4) is 0 Å². The number of amides is 1. The van der Waals surface area contributed by atoms with Crippen LogP contribution in [-0.4, -0.2) is 28.3 Å². The number of para-hydroxylation sites is 1. The van der Waals surface area contributed by atoms with E-state index in [-0.39, 0.29) is 11.3 Å². The van der Waals surface area contributed by atoms with E-state index >= 15 is 0 Å². The van der Waals surface area contributed by atoms with Gasteiger partial charge in [-0.15, -0.1) is 0 Å². The Hall–Kier alpha value is -3.48. The maximum atomic E-state index is 12.5. The molecule has 0 radical (unpaired) electrons. The first-order chi connectivity index (χ1) is 14.0. The first-order valence-corrected chi connectivity index (χ1v) is 9.50. The quantitative estimate of drug-likeness (QED) is 0.651. The highest BCUT2D eigenvalue weighted by atomic mass is 16.5. The highest BCUT2D eigenvalue weighted by molar-refractivity contribution is 6.03. The van der Waals surface area contributed by atoms with Crippen LogP contribution >= 0.6 is 0 Å². The second-order valence-corrected chi connectivity index (χ2v) is 6.61. The van der Waals surface area contributed by atoms with E-state index < -0.39 is 18.5 Å². The Morgan fingerprint density at radius 2 is 1.62 bits per heavy atom. The highest BCUT2D eigenvalue weighted by Gasteiger charge is 2.18. The zero-order chi connectivity index (χ0) is 21.0. The molecule has 1 amide bonds. The number of hydrogen-bond donors (Lipinski definition) is 1. The predicted octanol–water partition coefficient (Wildman–Crippen LogP) is 2.85. The lowest BCUT2D eigenvalue weighted by atomic mass is 10.0. The summed E-state index contributed by atoms with van der Waals surface area (Å²) in [5.74, 6) is -1.19. The van der Waals surface area contributed by atoms with Crippen molar-refractivity contribution in [1.82, 2.24) is 9.78 Å². The van der Waals surface area contributed by atoms with Crippen molar-refractivity contribution in [3.05, 3.63) is 69.6 Å². The van der Waals surface area contributed by atoms with Crippen LogP contribution in [0, 0.1) is 0 Å². The summed E-state index contributed by atoms with van der Waals surface area (Å²) in [6.45, 7) is 3.58. The molecule has 3 aromatic rings. The van der Waals surface area contributed by atoms with Gasteiger partial charge < -0.3 is 10.1 Å². The molecule has 0 atom stereocenters. The number of carbonyl (C=O) groups excluding carboxylic acids is 2. The number of ether oxygens (including phenoxy) is 1. The van der Waals surface area contributed by atoms with Gasteiger partial charge in [0.15, 0.2) is 12.3 Å². The average molecular weight is 393 g/mol. The van der Waals surface area contributed by atoms with Gasteiger partial charge in [-0.1, -0.05) is 50.2 Å². The number of anilines is 1. The molecule has 0 saturated carbocycles. The number of fused-ring (bicyclic) bond motifs is 1.